The number of β-amino-alcohol motifs (C(OH)–C–C–N with tert-alkyl or cyclic N) is 1. The number of benzene rings is 3. The van der Waals surface area contributed by atoms with Gasteiger partial charge < -0.3 is 15.5 Å². The topological polar surface area (TPSA) is 107 Å². The summed E-state index contributed by atoms with van der Waals surface area (Å²) in [6, 6.07) is 21.3. The SMILES string of the molecule is CN(CC(O)CNC(C)(C)CC1Cc2ccccc2C1)S(=O)(=O)c1cccc(-c2cccc(C(=O)O)c2)c1. The Bertz CT molecular complexity index is 1380. The molecule has 0 amide bonds. The molecule has 0 heterocycles. The quantitative estimate of drug-likeness (QED) is 0.339. The fourth-order valence-electron chi connectivity index (χ4n) is 5.29. The second kappa shape index (κ2) is 11.4. The number of carbonyl (C=O) groups is 1. The van der Waals surface area contributed by atoms with Crippen molar-refractivity contribution < 1.29 is 23.4 Å². The van der Waals surface area contributed by atoms with E-state index in [0.717, 1.165) is 23.6 Å². The van der Waals surface area contributed by atoms with Crippen LogP contribution in [0.4, 0.5) is 0 Å². The Morgan fingerprint density at radius 3 is 2.24 bits per heavy atom. The average molecular weight is 537 g/mol. The molecule has 0 bridgehead atoms. The molecule has 0 spiro atoms. The number of nitrogens with one attached hydrogen (secondary N) is 1. The van der Waals surface area contributed by atoms with Crippen molar-refractivity contribution in [1.82, 2.24) is 9.62 Å². The van der Waals surface area contributed by atoms with Gasteiger partial charge in [-0.1, -0.05) is 48.5 Å². The van der Waals surface area contributed by atoms with E-state index in [-0.39, 0.29) is 29.1 Å². The Morgan fingerprint density at radius 2 is 1.61 bits per heavy atom. The molecule has 1 unspecified atom stereocenters. The molecular weight excluding hydrogens is 500 g/mol. The molecule has 1 aliphatic carbocycles. The molecule has 0 saturated heterocycles. The molecule has 3 aromatic rings. The molecule has 0 fully saturated rings. The van der Waals surface area contributed by atoms with Crippen molar-refractivity contribution in [2.75, 3.05) is 20.1 Å². The highest BCUT2D eigenvalue weighted by Gasteiger charge is 2.29. The summed E-state index contributed by atoms with van der Waals surface area (Å²) in [6.07, 6.45) is 2.19. The summed E-state index contributed by atoms with van der Waals surface area (Å²) >= 11 is 0. The molecule has 3 aromatic carbocycles. The number of carboxylic acids is 1. The number of nitrogens with zero attached hydrogens (tertiary/aromatic N) is 1. The minimum Gasteiger partial charge on any atom is -0.478 e. The van der Waals surface area contributed by atoms with Gasteiger partial charge in [-0.05, 0) is 85.5 Å². The number of sulfonamides is 1. The van der Waals surface area contributed by atoms with Crippen LogP contribution in [0, 0.1) is 5.92 Å². The van der Waals surface area contributed by atoms with Crippen molar-refractivity contribution in [3.63, 3.8) is 0 Å². The van der Waals surface area contributed by atoms with Crippen molar-refractivity contribution in [2.45, 2.75) is 49.6 Å². The van der Waals surface area contributed by atoms with Gasteiger partial charge in [0.15, 0.2) is 0 Å². The van der Waals surface area contributed by atoms with E-state index in [1.165, 1.54) is 42.4 Å². The van der Waals surface area contributed by atoms with Crippen LogP contribution in [-0.4, -0.2) is 60.7 Å². The summed E-state index contributed by atoms with van der Waals surface area (Å²) in [5.41, 5.74) is 3.97. The first-order valence-corrected chi connectivity index (χ1v) is 14.3. The van der Waals surface area contributed by atoms with E-state index in [2.05, 4.69) is 43.4 Å². The molecule has 8 heteroatoms. The molecule has 202 valence electrons. The van der Waals surface area contributed by atoms with Crippen LogP contribution in [0.15, 0.2) is 77.7 Å². The number of hydrogen-bond acceptors (Lipinski definition) is 5. The summed E-state index contributed by atoms with van der Waals surface area (Å²) in [4.78, 5) is 11.4. The van der Waals surface area contributed by atoms with Crippen LogP contribution in [0.2, 0.25) is 0 Å². The number of aliphatic hydroxyl groups excluding tert-OH is 1. The number of aliphatic hydroxyl groups is 1. The molecule has 0 aromatic heterocycles. The number of hydrogen-bond donors (Lipinski definition) is 3. The van der Waals surface area contributed by atoms with Gasteiger partial charge >= 0.3 is 5.97 Å². The van der Waals surface area contributed by atoms with Crippen LogP contribution < -0.4 is 5.32 Å². The Kier molecular flexibility index (Phi) is 8.37. The fraction of sp³-hybridized carbons (Fsp3) is 0.367. The third kappa shape index (κ3) is 6.69. The van der Waals surface area contributed by atoms with Crippen molar-refractivity contribution >= 4 is 16.0 Å². The predicted octanol–water partition coefficient (Wildman–Crippen LogP) is 4.21. The normalized spacial score (nSPS) is 15.0. The number of likely N-dealkylation sites (N-methyl/N-ethyl adjacent to an activating group) is 1. The monoisotopic (exact) mass is 536 g/mol. The van der Waals surface area contributed by atoms with Gasteiger partial charge in [0, 0.05) is 25.7 Å². The predicted molar refractivity (Wildman–Crippen MR) is 149 cm³/mol. The largest absolute Gasteiger partial charge is 0.478 e. The summed E-state index contributed by atoms with van der Waals surface area (Å²) < 4.78 is 27.7. The van der Waals surface area contributed by atoms with Gasteiger partial charge in [-0.2, -0.15) is 4.31 Å². The van der Waals surface area contributed by atoms with E-state index in [4.69, 9.17) is 0 Å². The Hall–Kier alpha value is -3.04. The van der Waals surface area contributed by atoms with Crippen LogP contribution >= 0.6 is 0 Å². The molecule has 4 rings (SSSR count). The third-order valence-electron chi connectivity index (χ3n) is 7.20. The van der Waals surface area contributed by atoms with Crippen molar-refractivity contribution in [2.24, 2.45) is 5.92 Å². The van der Waals surface area contributed by atoms with Gasteiger partial charge in [0.25, 0.3) is 0 Å². The van der Waals surface area contributed by atoms with Crippen LogP contribution in [0.1, 0.15) is 41.8 Å². The van der Waals surface area contributed by atoms with Gasteiger partial charge in [0.05, 0.1) is 16.6 Å². The van der Waals surface area contributed by atoms with E-state index in [1.54, 1.807) is 24.3 Å². The average Bonchev–Trinajstić information content (AvgIpc) is 3.29. The smallest absolute Gasteiger partial charge is 0.335 e. The maximum absolute atomic E-state index is 13.3. The standard InChI is InChI=1S/C30H36N2O5S/c1-30(2,18-21-14-22-8-4-5-9-23(22)15-21)31-19-27(33)20-32(3)38(36,37)28-13-7-11-25(17-28)24-10-6-12-26(16-24)29(34)35/h4-13,16-17,21,27,31,33H,14-15,18-20H2,1-3H3,(H,34,35). The highest BCUT2D eigenvalue weighted by molar-refractivity contribution is 7.89. The zero-order chi connectivity index (χ0) is 27.5. The molecular formula is C30H36N2O5S. The molecule has 0 aliphatic heterocycles. The Balaban J connectivity index is 1.35. The van der Waals surface area contributed by atoms with Crippen LogP contribution in [0.3, 0.4) is 0 Å². The number of rotatable bonds is 11. The molecule has 7 nitrogen and oxygen atoms in total. The lowest BCUT2D eigenvalue weighted by molar-refractivity contribution is 0.0697. The number of fused-ring (bicyclic) bond motifs is 1. The molecule has 1 aliphatic rings. The van der Waals surface area contributed by atoms with E-state index in [0.29, 0.717) is 17.0 Å². The fourth-order valence-corrected chi connectivity index (χ4v) is 6.54. The summed E-state index contributed by atoms with van der Waals surface area (Å²) in [7, 11) is -2.41. The maximum Gasteiger partial charge on any atom is 0.335 e. The van der Waals surface area contributed by atoms with E-state index in [1.807, 2.05) is 0 Å². The first kappa shape index (κ1) is 28.0. The number of aromatic carboxylic acids is 1. The van der Waals surface area contributed by atoms with Crippen LogP contribution in [0.5, 0.6) is 0 Å². The zero-order valence-electron chi connectivity index (χ0n) is 22.1. The number of carboxylic acid groups (broad SMARTS) is 1. The summed E-state index contributed by atoms with van der Waals surface area (Å²) in [5.74, 6) is -0.506. The summed E-state index contributed by atoms with van der Waals surface area (Å²) in [5, 5.41) is 23.4. The first-order chi connectivity index (χ1) is 17.9. The lowest BCUT2D eigenvalue weighted by Crippen LogP contribution is -2.47. The van der Waals surface area contributed by atoms with Crippen LogP contribution in [0.25, 0.3) is 11.1 Å². The van der Waals surface area contributed by atoms with Crippen LogP contribution in [-0.2, 0) is 22.9 Å². The first-order valence-electron chi connectivity index (χ1n) is 12.8. The Labute approximate surface area is 225 Å². The highest BCUT2D eigenvalue weighted by atomic mass is 32.2. The van der Waals surface area contributed by atoms with Crippen molar-refractivity contribution in [3.05, 3.63) is 89.5 Å². The van der Waals surface area contributed by atoms with Crippen molar-refractivity contribution in [3.8, 4) is 11.1 Å². The van der Waals surface area contributed by atoms with Gasteiger partial charge in [0.1, 0.15) is 0 Å². The molecule has 38 heavy (non-hydrogen) atoms. The molecule has 1 atom stereocenters. The van der Waals surface area contributed by atoms with Gasteiger partial charge in [0.2, 0.25) is 10.0 Å². The molecule has 0 radical (unpaired) electrons. The lowest BCUT2D eigenvalue weighted by atomic mass is 9.88. The van der Waals surface area contributed by atoms with E-state index < -0.39 is 22.1 Å². The molecule has 3 N–H and O–H groups in total. The second-order valence-electron chi connectivity index (χ2n) is 10.9. The minimum atomic E-state index is -3.86. The Morgan fingerprint density at radius 1 is 1.00 bits per heavy atom. The van der Waals surface area contributed by atoms with Gasteiger partial charge in [-0.15, -0.1) is 0 Å². The second-order valence-corrected chi connectivity index (χ2v) is 12.9. The maximum atomic E-state index is 13.3. The lowest BCUT2D eigenvalue weighted by Gasteiger charge is -2.31. The van der Waals surface area contributed by atoms with Gasteiger partial charge in [-0.3, -0.25) is 0 Å². The van der Waals surface area contributed by atoms with E-state index >= 15 is 0 Å². The van der Waals surface area contributed by atoms with E-state index in [9.17, 15) is 23.4 Å². The minimum absolute atomic E-state index is 0.0565. The summed E-state index contributed by atoms with van der Waals surface area (Å²) in [6.45, 7) is 4.45. The zero-order valence-corrected chi connectivity index (χ0v) is 22.9. The van der Waals surface area contributed by atoms with Gasteiger partial charge in [-0.25, -0.2) is 13.2 Å². The van der Waals surface area contributed by atoms with Crippen molar-refractivity contribution in [1.29, 1.82) is 0 Å². The third-order valence-corrected chi connectivity index (χ3v) is 9.02. The highest BCUT2D eigenvalue weighted by Crippen LogP contribution is 2.32. The molecule has 0 saturated carbocycles.